The number of aromatic amines is 3. The van der Waals surface area contributed by atoms with E-state index in [0.29, 0.717) is 96.7 Å². The van der Waals surface area contributed by atoms with Crippen molar-refractivity contribution in [2.24, 2.45) is 23.3 Å². The van der Waals surface area contributed by atoms with Gasteiger partial charge in [0.2, 0.25) is 11.1 Å². The molecule has 24 rings (SSSR count). The van der Waals surface area contributed by atoms with Crippen LogP contribution in [0, 0.1) is 11.8 Å². The van der Waals surface area contributed by atoms with Crippen LogP contribution in [-0.2, 0) is 109 Å². The molecule has 11 aliphatic rings. The molecule has 11 N–H and O–H groups in total. The Morgan fingerprint density at radius 3 is 1.25 bits per heavy atom. The molecular formula is C107H123ClN20O15S4. The van der Waals surface area contributed by atoms with E-state index >= 15 is 0 Å². The molecule has 0 bridgehead atoms. The van der Waals surface area contributed by atoms with Gasteiger partial charge in [-0.05, 0) is 250 Å². The quantitative estimate of drug-likeness (QED) is 0.0329. The summed E-state index contributed by atoms with van der Waals surface area (Å²) in [4.78, 5) is 138. The van der Waals surface area contributed by atoms with Crippen LogP contribution in [0.25, 0.3) is 62.2 Å². The summed E-state index contributed by atoms with van der Waals surface area (Å²) in [5, 5.41) is 28.0. The van der Waals surface area contributed by atoms with Gasteiger partial charge in [0.25, 0.3) is 22.9 Å². The fourth-order valence-electron chi connectivity index (χ4n) is 21.5. The lowest BCUT2D eigenvalue weighted by Gasteiger charge is -2.30. The van der Waals surface area contributed by atoms with Crippen molar-refractivity contribution in [3.63, 3.8) is 0 Å². The minimum Gasteiger partial charge on any atom is -0.445 e. The number of nitrogens with one attached hydrogen (secondary N) is 5. The molecule has 35 nitrogen and oxygen atoms in total. The number of nitrogen functional groups attached to an aromatic ring is 1. The third-order valence-electron chi connectivity index (χ3n) is 29.6. The summed E-state index contributed by atoms with van der Waals surface area (Å²) in [6.07, 6.45) is 33.4. The van der Waals surface area contributed by atoms with Crippen LogP contribution in [0.5, 0.6) is 0 Å². The summed E-state index contributed by atoms with van der Waals surface area (Å²) < 4.78 is 41.3. The lowest BCUT2D eigenvalue weighted by Crippen LogP contribution is -2.41. The first kappa shape index (κ1) is 102. The second kappa shape index (κ2) is 46.9. The lowest BCUT2D eigenvalue weighted by molar-refractivity contribution is -0.121. The number of nitrogens with two attached hydrogens (primary N) is 3. The molecule has 13 aromatic rings. The van der Waals surface area contributed by atoms with Crippen LogP contribution >= 0.6 is 56.9 Å². The van der Waals surface area contributed by atoms with Crippen molar-refractivity contribution in [2.75, 3.05) is 83.2 Å². The van der Waals surface area contributed by atoms with E-state index in [-0.39, 0.29) is 96.8 Å². The topological polar surface area (TPSA) is 460 Å². The number of thiophene rings is 4. The number of carbonyl (C=O) groups excluding carboxylic acids is 7. The average Bonchev–Trinajstić information content (AvgIpc) is 1.59. The highest BCUT2D eigenvalue weighted by atomic mass is 35.5. The Labute approximate surface area is 870 Å². The SMILES string of the molecule is NC(=O)c1sc2c(c1N)CCCc1nn(C3CCCCO3)cc1-2.NC(=O)c1sc2c(c1NC(=O)C1CCN(C(=O)OCc3ccccc3)CC1)CCCc1nn(C3CCCCO3)cc1-2.O=C(Cl)C1CCN(C(=O)OCc2ccccc2)CC1.O=C(OCc1ccccc1)N1CCC(c2nc3c4c(sc3c(=O)[nH]2)-c2cn(C3CCCCO3)nc2CCC4)CC1.O=c1[nH]c(C2CCNCC2)nc2c3c(sc12)-c1cn[nH]c1CCC3. The summed E-state index contributed by atoms with van der Waals surface area (Å²) in [7, 11) is 0. The molecule has 7 fully saturated rings. The van der Waals surface area contributed by atoms with Gasteiger partial charge in [-0.1, -0.05) is 91.0 Å². The fourth-order valence-corrected chi connectivity index (χ4v) is 26.5. The maximum absolute atomic E-state index is 13.4. The molecule has 10 aromatic heterocycles. The van der Waals surface area contributed by atoms with Gasteiger partial charge in [-0.25, -0.2) is 38.4 Å². The van der Waals surface area contributed by atoms with Crippen LogP contribution in [0.4, 0.5) is 25.8 Å². The zero-order valence-corrected chi connectivity index (χ0v) is 86.2. The number of amides is 6. The van der Waals surface area contributed by atoms with Gasteiger partial charge in [-0.15, -0.1) is 45.3 Å². The summed E-state index contributed by atoms with van der Waals surface area (Å²) in [5.74, 6) is 0.479. The Hall–Kier alpha value is -12.6. The third kappa shape index (κ3) is 23.3. The zero-order valence-electron chi connectivity index (χ0n) is 82.1. The number of nitrogens with zero attached hydrogens (tertiary/aromatic N) is 12. The van der Waals surface area contributed by atoms with Crippen molar-refractivity contribution in [1.29, 1.82) is 0 Å². The van der Waals surface area contributed by atoms with Crippen LogP contribution in [-0.4, -0.2) is 188 Å². The monoisotopic (exact) mass is 2090 g/mol. The number of primary amides is 2. The van der Waals surface area contributed by atoms with Crippen molar-refractivity contribution in [3.05, 3.63) is 220 Å². The number of carbonyl (C=O) groups is 7. The number of likely N-dealkylation sites (tertiary alicyclic amines) is 3. The zero-order chi connectivity index (χ0) is 101. The third-order valence-corrected chi connectivity index (χ3v) is 35.0. The minimum atomic E-state index is -0.557. The normalized spacial score (nSPS) is 19.0. The highest BCUT2D eigenvalue weighted by molar-refractivity contribution is 7.23. The van der Waals surface area contributed by atoms with E-state index in [0.717, 1.165) is 308 Å². The van der Waals surface area contributed by atoms with Gasteiger partial charge in [-0.3, -0.25) is 33.9 Å². The minimum absolute atomic E-state index is 0.00637. The predicted molar refractivity (Wildman–Crippen MR) is 563 cm³/mol. The number of H-pyrrole nitrogens is 3. The van der Waals surface area contributed by atoms with E-state index < -0.39 is 11.8 Å². The standard InChI is InChI=1S/C30H35N5O5S.C30H33N5O4S.C17H19N5OS.C16H20N4O2S.C14H16ClNO3/c31-28(36)27-25(21-9-6-10-23-22(26(21)41-27)17-35(33-23)24-11-4-5-16-39-24)32-29(37)20-12-14-34(15-13-20)30(38)40-18-19-7-2-1-3-8-19;36-29-27-25(21-9-6-10-23-22(26(21)40-27)17-35(33-23)24-11-4-5-16-38-24)31-28(32-29)20-12-14-34(15-13-20)30(37)39-18-19-7-2-1-3-8-19;23-17-15-13(20-16(21-17)9-4-6-18-7-5-9)10-2-1-3-12-11(8-19-22-12)14(10)24-15;17-13-9-4-3-5-11-10(14(9)23-15(13)16(18)21)8-20(19-11)12-6-1-2-7-22-12;15-13(17)12-6-8-16(9-7-12)14(18)19-10-11-4-2-1-3-5-11/h1-3,7-8,17,20,24H,4-6,9-16,18H2,(H2,31,36)(H,32,37);1-3,7-8,17,20,24H,4-6,9-16,18H2,(H,31,32,36);8-9,18H,1-7H2,(H,19,22)(H,20,21,23);8,12H,1-7,17H2,(H2,18,21);1-5,12H,6-10H2. The Balaban J connectivity index is 0.000000115. The van der Waals surface area contributed by atoms with Gasteiger partial charge in [-0.2, -0.15) is 20.4 Å². The number of hydrogen-bond donors (Lipinski definition) is 8. The number of rotatable bonds is 16. The van der Waals surface area contributed by atoms with Crippen LogP contribution < -0.4 is 39.0 Å². The Morgan fingerprint density at radius 1 is 0.435 bits per heavy atom. The van der Waals surface area contributed by atoms with Gasteiger partial charge >= 0.3 is 18.3 Å². The first-order chi connectivity index (χ1) is 71.7. The molecule has 0 spiro atoms. The summed E-state index contributed by atoms with van der Waals surface area (Å²) >= 11 is 11.3. The van der Waals surface area contributed by atoms with Crippen molar-refractivity contribution in [1.82, 2.24) is 79.5 Å². The van der Waals surface area contributed by atoms with E-state index in [9.17, 15) is 43.2 Å². The van der Waals surface area contributed by atoms with Gasteiger partial charge in [0.05, 0.1) is 45.7 Å². The van der Waals surface area contributed by atoms with Crippen LogP contribution in [0.2, 0.25) is 0 Å². The number of aryl methyl sites for hydroxylation is 6. The van der Waals surface area contributed by atoms with E-state index in [1.54, 1.807) is 26.0 Å². The molecule has 6 amide bonds. The predicted octanol–water partition coefficient (Wildman–Crippen LogP) is 18.0. The van der Waals surface area contributed by atoms with Crippen LogP contribution in [0.15, 0.2) is 125 Å². The van der Waals surface area contributed by atoms with Crippen molar-refractivity contribution >= 4 is 130 Å². The molecule has 7 aliphatic heterocycles. The number of anilines is 2. The molecule has 3 aromatic carbocycles. The van der Waals surface area contributed by atoms with Gasteiger partial charge in [0.1, 0.15) is 69.3 Å². The van der Waals surface area contributed by atoms with Crippen LogP contribution in [0.3, 0.4) is 0 Å². The number of piperidine rings is 4. The van der Waals surface area contributed by atoms with Gasteiger partial charge in [0.15, 0.2) is 0 Å². The van der Waals surface area contributed by atoms with Gasteiger partial charge in [0, 0.05) is 149 Å². The van der Waals surface area contributed by atoms with Crippen molar-refractivity contribution < 1.29 is 62.0 Å². The first-order valence-corrected chi connectivity index (χ1v) is 55.4. The van der Waals surface area contributed by atoms with E-state index in [4.69, 9.17) is 82.5 Å². The number of ether oxygens (including phenoxy) is 6. The number of hydrogen-bond acceptors (Lipinski definition) is 27. The maximum Gasteiger partial charge on any atom is 0.410 e. The fraction of sp³-hybridized carbons (Fsp3) is 0.467. The molecule has 7 saturated heterocycles. The highest BCUT2D eigenvalue weighted by Gasteiger charge is 2.38. The molecule has 147 heavy (non-hydrogen) atoms. The summed E-state index contributed by atoms with van der Waals surface area (Å²) in [5.41, 5.74) is 36.1. The molecule has 0 radical (unpaired) electrons. The molecule has 17 heterocycles. The van der Waals surface area contributed by atoms with E-state index in [1.807, 2.05) is 117 Å². The first-order valence-electron chi connectivity index (χ1n) is 51.7. The largest absolute Gasteiger partial charge is 0.445 e. The average molecular weight is 2090 g/mol. The Kier molecular flexibility index (Phi) is 32.4. The number of halogens is 1. The molecule has 3 atom stereocenters. The van der Waals surface area contributed by atoms with Gasteiger partial charge < -0.3 is 80.9 Å². The van der Waals surface area contributed by atoms with Crippen molar-refractivity contribution in [3.8, 4) is 41.8 Å². The van der Waals surface area contributed by atoms with Crippen molar-refractivity contribution in [2.45, 2.75) is 237 Å². The lowest BCUT2D eigenvalue weighted by atomic mass is 9.95. The molecule has 3 unspecified atom stereocenters. The van der Waals surface area contributed by atoms with Crippen LogP contribution in [0.1, 0.15) is 258 Å². The van der Waals surface area contributed by atoms with E-state index in [1.165, 1.54) is 50.1 Å². The molecule has 772 valence electrons. The molecule has 0 saturated carbocycles. The number of fused-ring (bicyclic) bond motifs is 16. The summed E-state index contributed by atoms with van der Waals surface area (Å²) in [6, 6.07) is 28.8. The Bertz CT molecular complexity index is 7020. The number of aromatic nitrogens is 12. The Morgan fingerprint density at radius 2 is 0.823 bits per heavy atom. The van der Waals surface area contributed by atoms with E-state index in [2.05, 4.69) is 43.2 Å². The molecule has 40 heteroatoms. The summed E-state index contributed by atoms with van der Waals surface area (Å²) in [6.45, 7) is 8.11. The smallest absolute Gasteiger partial charge is 0.410 e. The second-order valence-corrected chi connectivity index (χ2v) is 43.8. The molecule has 4 aliphatic carbocycles. The maximum atomic E-state index is 13.4. The molecular weight excluding hydrogens is 1970 g/mol. The second-order valence-electron chi connectivity index (χ2n) is 39.3. The highest BCUT2D eigenvalue weighted by Crippen LogP contribution is 2.49. The number of benzene rings is 3.